The van der Waals surface area contributed by atoms with Gasteiger partial charge >= 0.3 is 0 Å². The first-order chi connectivity index (χ1) is 8.39. The molecule has 1 aliphatic rings. The highest BCUT2D eigenvalue weighted by molar-refractivity contribution is 7.88. The molecule has 1 heterocycles. The van der Waals surface area contributed by atoms with E-state index in [2.05, 4.69) is 5.32 Å². The molecule has 1 aliphatic heterocycles. The van der Waals surface area contributed by atoms with Gasteiger partial charge in [0.2, 0.25) is 15.9 Å². The number of nitrogens with one attached hydrogen (secondary N) is 1. The van der Waals surface area contributed by atoms with Crippen LogP contribution in [0.2, 0.25) is 0 Å². The van der Waals surface area contributed by atoms with E-state index in [0.717, 1.165) is 10.6 Å². The minimum Gasteiger partial charge on any atom is -0.353 e. The van der Waals surface area contributed by atoms with Crippen molar-refractivity contribution in [2.75, 3.05) is 19.3 Å². The topological polar surface area (TPSA) is 66.5 Å². The van der Waals surface area contributed by atoms with Crippen molar-refractivity contribution in [3.8, 4) is 0 Å². The number of rotatable bonds is 2. The van der Waals surface area contributed by atoms with Gasteiger partial charge in [-0.05, 0) is 17.7 Å². The third kappa shape index (κ3) is 2.51. The largest absolute Gasteiger partial charge is 0.353 e. The van der Waals surface area contributed by atoms with E-state index in [9.17, 15) is 17.6 Å². The maximum Gasteiger partial charge on any atom is 0.243 e. The number of benzene rings is 1. The van der Waals surface area contributed by atoms with Gasteiger partial charge < -0.3 is 5.32 Å². The zero-order chi connectivity index (χ0) is 13.3. The maximum atomic E-state index is 12.8. The van der Waals surface area contributed by atoms with E-state index < -0.39 is 27.8 Å². The van der Waals surface area contributed by atoms with E-state index in [-0.39, 0.29) is 13.1 Å². The number of nitrogens with zero attached hydrogens (tertiary/aromatic N) is 1. The molecular formula is C11H13FN2O3S. The van der Waals surface area contributed by atoms with Crippen LogP contribution in [0.25, 0.3) is 0 Å². The van der Waals surface area contributed by atoms with Crippen LogP contribution in [0.4, 0.5) is 4.39 Å². The fraction of sp³-hybridized carbons (Fsp3) is 0.364. The Morgan fingerprint density at radius 1 is 1.33 bits per heavy atom. The van der Waals surface area contributed by atoms with Crippen LogP contribution in [-0.4, -0.2) is 38.0 Å². The number of amides is 1. The molecule has 0 spiro atoms. The van der Waals surface area contributed by atoms with Gasteiger partial charge in [0, 0.05) is 13.1 Å². The number of piperazine rings is 1. The van der Waals surface area contributed by atoms with Crippen LogP contribution in [0, 0.1) is 5.82 Å². The van der Waals surface area contributed by atoms with Gasteiger partial charge in [0.15, 0.2) is 0 Å². The molecule has 98 valence electrons. The van der Waals surface area contributed by atoms with E-state index >= 15 is 0 Å². The molecule has 7 heteroatoms. The fourth-order valence-electron chi connectivity index (χ4n) is 1.97. The van der Waals surface area contributed by atoms with E-state index in [1.54, 1.807) is 0 Å². The smallest absolute Gasteiger partial charge is 0.243 e. The third-order valence-electron chi connectivity index (χ3n) is 2.78. The molecule has 1 saturated heterocycles. The lowest BCUT2D eigenvalue weighted by Crippen LogP contribution is -2.51. The molecule has 1 atom stereocenters. The molecule has 1 aromatic rings. The molecule has 1 unspecified atom stereocenters. The first-order valence-corrected chi connectivity index (χ1v) is 7.24. The summed E-state index contributed by atoms with van der Waals surface area (Å²) in [6, 6.07) is 4.33. The molecule has 1 fully saturated rings. The maximum absolute atomic E-state index is 12.8. The zero-order valence-electron chi connectivity index (χ0n) is 9.76. The minimum atomic E-state index is -3.49. The number of hydrogen-bond donors (Lipinski definition) is 1. The van der Waals surface area contributed by atoms with Gasteiger partial charge in [0.25, 0.3) is 0 Å². The zero-order valence-corrected chi connectivity index (χ0v) is 10.6. The number of sulfonamides is 1. The van der Waals surface area contributed by atoms with E-state index in [0.29, 0.717) is 5.56 Å². The summed E-state index contributed by atoms with van der Waals surface area (Å²) in [6.45, 7) is 0.496. The van der Waals surface area contributed by atoms with Crippen LogP contribution >= 0.6 is 0 Å². The summed E-state index contributed by atoms with van der Waals surface area (Å²) in [5.41, 5.74) is 0.457. The molecule has 0 aliphatic carbocycles. The normalized spacial score (nSPS) is 21.7. The third-order valence-corrected chi connectivity index (χ3v) is 4.02. The van der Waals surface area contributed by atoms with Crippen molar-refractivity contribution in [3.63, 3.8) is 0 Å². The predicted octanol–water partition coefficient (Wildman–Crippen LogP) is 0.258. The Balaban J connectivity index is 2.42. The van der Waals surface area contributed by atoms with Crippen molar-refractivity contribution in [2.24, 2.45) is 0 Å². The molecule has 1 N–H and O–H groups in total. The first-order valence-electron chi connectivity index (χ1n) is 5.39. The molecular weight excluding hydrogens is 259 g/mol. The van der Waals surface area contributed by atoms with Crippen LogP contribution < -0.4 is 5.32 Å². The van der Waals surface area contributed by atoms with E-state index in [1.165, 1.54) is 24.3 Å². The summed E-state index contributed by atoms with van der Waals surface area (Å²) < 4.78 is 37.3. The second-order valence-corrected chi connectivity index (χ2v) is 6.05. The van der Waals surface area contributed by atoms with Gasteiger partial charge in [-0.2, -0.15) is 4.31 Å². The summed E-state index contributed by atoms with van der Waals surface area (Å²) in [7, 11) is -3.49. The lowest BCUT2D eigenvalue weighted by Gasteiger charge is -2.33. The van der Waals surface area contributed by atoms with Crippen molar-refractivity contribution in [1.29, 1.82) is 0 Å². The van der Waals surface area contributed by atoms with Crippen LogP contribution in [0.1, 0.15) is 11.6 Å². The quantitative estimate of drug-likeness (QED) is 0.839. The molecule has 0 radical (unpaired) electrons. The SMILES string of the molecule is CS(=O)(=O)N1CCNC(=O)C1c1ccc(F)cc1. The molecule has 1 amide bonds. The van der Waals surface area contributed by atoms with E-state index in [1.807, 2.05) is 0 Å². The molecule has 5 nitrogen and oxygen atoms in total. The molecule has 2 rings (SSSR count). The number of carbonyl (C=O) groups is 1. The van der Waals surface area contributed by atoms with Gasteiger partial charge in [-0.3, -0.25) is 4.79 Å². The van der Waals surface area contributed by atoms with Crippen molar-refractivity contribution in [3.05, 3.63) is 35.6 Å². The van der Waals surface area contributed by atoms with E-state index in [4.69, 9.17) is 0 Å². The summed E-state index contributed by atoms with van der Waals surface area (Å²) in [4.78, 5) is 11.8. The Morgan fingerprint density at radius 3 is 2.50 bits per heavy atom. The predicted molar refractivity (Wildman–Crippen MR) is 63.7 cm³/mol. The highest BCUT2D eigenvalue weighted by atomic mass is 32.2. The Bertz CT molecular complexity index is 556. The lowest BCUT2D eigenvalue weighted by molar-refractivity contribution is -0.126. The second kappa shape index (κ2) is 4.66. The Kier molecular flexibility index (Phi) is 3.36. The summed E-state index contributed by atoms with van der Waals surface area (Å²) in [5, 5.41) is 2.61. The number of halogens is 1. The lowest BCUT2D eigenvalue weighted by atomic mass is 10.0. The molecule has 1 aromatic carbocycles. The molecule has 0 saturated carbocycles. The number of carbonyl (C=O) groups excluding carboxylic acids is 1. The number of hydrogen-bond acceptors (Lipinski definition) is 3. The molecule has 0 bridgehead atoms. The van der Waals surface area contributed by atoms with Crippen LogP contribution in [0.5, 0.6) is 0 Å². The van der Waals surface area contributed by atoms with Gasteiger partial charge in [-0.25, -0.2) is 12.8 Å². The Hall–Kier alpha value is -1.47. The van der Waals surface area contributed by atoms with Crippen LogP contribution in [0.15, 0.2) is 24.3 Å². The van der Waals surface area contributed by atoms with Gasteiger partial charge in [-0.1, -0.05) is 12.1 Å². The summed E-state index contributed by atoms with van der Waals surface area (Å²) >= 11 is 0. The van der Waals surface area contributed by atoms with Crippen LogP contribution in [-0.2, 0) is 14.8 Å². The fourth-order valence-corrected chi connectivity index (χ4v) is 2.99. The highest BCUT2D eigenvalue weighted by Gasteiger charge is 2.36. The molecule has 0 aromatic heterocycles. The Morgan fingerprint density at radius 2 is 1.94 bits per heavy atom. The second-order valence-electron chi connectivity index (χ2n) is 4.12. The van der Waals surface area contributed by atoms with Crippen molar-refractivity contribution >= 4 is 15.9 Å². The summed E-state index contributed by atoms with van der Waals surface area (Å²) in [6.07, 6.45) is 1.06. The van der Waals surface area contributed by atoms with Gasteiger partial charge in [-0.15, -0.1) is 0 Å². The first kappa shape index (κ1) is 13.0. The van der Waals surface area contributed by atoms with Gasteiger partial charge in [0.05, 0.1) is 6.26 Å². The summed E-state index contributed by atoms with van der Waals surface area (Å²) in [5.74, 6) is -0.820. The van der Waals surface area contributed by atoms with Crippen LogP contribution in [0.3, 0.4) is 0 Å². The average Bonchev–Trinajstić information content (AvgIpc) is 2.29. The minimum absolute atomic E-state index is 0.215. The average molecular weight is 272 g/mol. The van der Waals surface area contributed by atoms with Crippen molar-refractivity contribution in [2.45, 2.75) is 6.04 Å². The highest BCUT2D eigenvalue weighted by Crippen LogP contribution is 2.25. The molecule has 18 heavy (non-hydrogen) atoms. The van der Waals surface area contributed by atoms with Gasteiger partial charge in [0.1, 0.15) is 11.9 Å². The standard InChI is InChI=1S/C11H13FN2O3S/c1-18(16,17)14-7-6-13-11(15)10(14)8-2-4-9(12)5-3-8/h2-5,10H,6-7H2,1H3,(H,13,15). The van der Waals surface area contributed by atoms with Crippen molar-refractivity contribution in [1.82, 2.24) is 9.62 Å². The van der Waals surface area contributed by atoms with Crippen molar-refractivity contribution < 1.29 is 17.6 Å². The monoisotopic (exact) mass is 272 g/mol. The Labute approximate surface area is 105 Å².